The van der Waals surface area contributed by atoms with Gasteiger partial charge in [-0.1, -0.05) is 208 Å². The van der Waals surface area contributed by atoms with Gasteiger partial charge in [0.2, 0.25) is 0 Å². The lowest BCUT2D eigenvalue weighted by molar-refractivity contribution is 0.590. The van der Waals surface area contributed by atoms with Gasteiger partial charge in [0, 0.05) is 45.0 Å². The first kappa shape index (κ1) is 45.7. The number of benzene rings is 9. The maximum Gasteiger partial charge on any atom is 0.0674 e. The van der Waals surface area contributed by atoms with Crippen molar-refractivity contribution in [2.24, 2.45) is 5.84 Å². The number of nitrogens with two attached hydrogens (primary N) is 1. The number of hydrogen-bond donors (Lipinski definition) is 1. The van der Waals surface area contributed by atoms with Crippen molar-refractivity contribution in [1.82, 2.24) is 0 Å². The van der Waals surface area contributed by atoms with Crippen LogP contribution in [0.1, 0.15) is 79.0 Å². The van der Waals surface area contributed by atoms with E-state index < -0.39 is 0 Å². The molecule has 0 aromatic heterocycles. The van der Waals surface area contributed by atoms with E-state index in [0.717, 1.165) is 67.4 Å². The van der Waals surface area contributed by atoms with Gasteiger partial charge in [-0.25, -0.2) is 5.84 Å². The van der Waals surface area contributed by atoms with Crippen molar-refractivity contribution in [1.29, 1.82) is 0 Å². The third-order valence-electron chi connectivity index (χ3n) is 13.1. The van der Waals surface area contributed by atoms with Crippen molar-refractivity contribution in [3.05, 3.63) is 229 Å². The molecule has 68 heavy (non-hydrogen) atoms. The largest absolute Gasteiger partial charge is 0.310 e. The molecule has 4 nitrogen and oxygen atoms in total. The molecule has 0 aliphatic rings. The zero-order valence-corrected chi connectivity index (χ0v) is 41.1. The van der Waals surface area contributed by atoms with Crippen LogP contribution < -0.4 is 20.7 Å². The first-order valence-corrected chi connectivity index (χ1v) is 23.9. The number of fused-ring (bicyclic) bond motifs is 1. The quantitative estimate of drug-likeness (QED) is 0.110. The maximum atomic E-state index is 7.50. The fourth-order valence-corrected chi connectivity index (χ4v) is 9.20. The molecule has 0 heterocycles. The second kappa shape index (κ2) is 18.4. The van der Waals surface area contributed by atoms with E-state index in [1.54, 1.807) is 0 Å². The zero-order chi connectivity index (χ0) is 47.8. The second-order valence-corrected chi connectivity index (χ2v) is 21.1. The van der Waals surface area contributed by atoms with Crippen LogP contribution in [0, 0.1) is 0 Å². The molecule has 0 radical (unpaired) electrons. The summed E-state index contributed by atoms with van der Waals surface area (Å²) in [4.78, 5) is 4.74. The Balaban J connectivity index is 1.28. The molecule has 9 aromatic carbocycles. The van der Waals surface area contributed by atoms with Crippen LogP contribution in [0.25, 0.3) is 33.0 Å². The lowest BCUT2D eigenvalue weighted by atomic mass is 9.83. The third kappa shape index (κ3) is 9.43. The maximum absolute atomic E-state index is 7.50. The Hall–Kier alpha value is -7.40. The van der Waals surface area contributed by atoms with E-state index in [1.165, 1.54) is 27.8 Å². The SMILES string of the molecule is CC(C)(C)c1ccc(N(c2cccc(N(N)c3cc(N(c4ccccc4)c4ccccc4)cc4ccccc34)c2)c2c(-c3cccc(C(C)(C)C)c3)cccc2-c2cccc(C(C)(C)C)c2)cc1. The summed E-state index contributed by atoms with van der Waals surface area (Å²) in [6.45, 7) is 20.5. The van der Waals surface area contributed by atoms with Gasteiger partial charge in [-0.15, -0.1) is 0 Å². The first-order chi connectivity index (χ1) is 32.5. The van der Waals surface area contributed by atoms with Gasteiger partial charge >= 0.3 is 0 Å². The predicted molar refractivity (Wildman–Crippen MR) is 293 cm³/mol. The van der Waals surface area contributed by atoms with Gasteiger partial charge in [-0.3, -0.25) is 5.01 Å². The summed E-state index contributed by atoms with van der Waals surface area (Å²) >= 11 is 0. The van der Waals surface area contributed by atoms with E-state index in [4.69, 9.17) is 5.84 Å². The minimum Gasteiger partial charge on any atom is -0.310 e. The summed E-state index contributed by atoms with van der Waals surface area (Å²) in [6, 6.07) is 76.9. The van der Waals surface area contributed by atoms with Gasteiger partial charge in [0.1, 0.15) is 0 Å². The monoisotopic (exact) mass is 889 g/mol. The van der Waals surface area contributed by atoms with Crippen LogP contribution in [-0.4, -0.2) is 0 Å². The van der Waals surface area contributed by atoms with Gasteiger partial charge in [-0.05, 0) is 116 Å². The van der Waals surface area contributed by atoms with Crippen LogP contribution in [0.3, 0.4) is 0 Å². The van der Waals surface area contributed by atoms with Crippen LogP contribution in [0.15, 0.2) is 212 Å². The molecule has 0 bridgehead atoms. The Morgan fingerprint density at radius 2 is 0.779 bits per heavy atom. The molecule has 4 heteroatoms. The number of para-hydroxylation sites is 3. The predicted octanol–water partition coefficient (Wildman–Crippen LogP) is 18.0. The molecule has 0 aliphatic heterocycles. The molecule has 0 saturated heterocycles. The molecule has 0 spiro atoms. The fourth-order valence-electron chi connectivity index (χ4n) is 9.20. The molecule has 0 amide bonds. The van der Waals surface area contributed by atoms with E-state index in [-0.39, 0.29) is 16.2 Å². The summed E-state index contributed by atoms with van der Waals surface area (Å²) in [7, 11) is 0. The van der Waals surface area contributed by atoms with E-state index in [0.29, 0.717) is 0 Å². The minimum absolute atomic E-state index is 0.0128. The molecule has 2 N–H and O–H groups in total. The lowest BCUT2D eigenvalue weighted by Gasteiger charge is -2.32. The topological polar surface area (TPSA) is 35.7 Å². The van der Waals surface area contributed by atoms with Crippen molar-refractivity contribution in [3.63, 3.8) is 0 Å². The smallest absolute Gasteiger partial charge is 0.0674 e. The van der Waals surface area contributed by atoms with E-state index >= 15 is 0 Å². The normalized spacial score (nSPS) is 12.0. The standard InChI is InChI=1S/C64H64N4/c1-62(2,3)48-36-38-53(39-37-48)67(61-58(45-23-18-25-49(40-45)63(4,5)6)34-21-35-59(61)46-24-19-26-50(41-46)64(7,8)9)54-31-20-32-55(43-54)68(65)60-44-56(42-47-22-16-17-33-57(47)60)66(51-27-12-10-13-28-51)52-29-14-11-15-30-52/h10-44H,65H2,1-9H3. The number of rotatable bonds is 10. The molecule has 0 fully saturated rings. The second-order valence-electron chi connectivity index (χ2n) is 21.1. The average molecular weight is 889 g/mol. The minimum atomic E-state index is -0.0308. The van der Waals surface area contributed by atoms with Crippen molar-refractivity contribution >= 4 is 56.3 Å². The molecule has 9 aromatic rings. The van der Waals surface area contributed by atoms with Crippen molar-refractivity contribution in [3.8, 4) is 22.3 Å². The third-order valence-corrected chi connectivity index (χ3v) is 13.1. The molecule has 0 saturated carbocycles. The van der Waals surface area contributed by atoms with Crippen LogP contribution in [-0.2, 0) is 16.2 Å². The van der Waals surface area contributed by atoms with Crippen LogP contribution in [0.2, 0.25) is 0 Å². The lowest BCUT2D eigenvalue weighted by Crippen LogP contribution is -2.26. The molecular weight excluding hydrogens is 825 g/mol. The van der Waals surface area contributed by atoms with E-state index in [9.17, 15) is 0 Å². The highest BCUT2D eigenvalue weighted by Crippen LogP contribution is 2.49. The number of anilines is 8. The molecule has 0 atom stereocenters. The van der Waals surface area contributed by atoms with Gasteiger partial charge in [-0.2, -0.15) is 0 Å². The van der Waals surface area contributed by atoms with Crippen molar-refractivity contribution < 1.29 is 0 Å². The Morgan fingerprint density at radius 1 is 0.324 bits per heavy atom. The van der Waals surface area contributed by atoms with Crippen LogP contribution in [0.5, 0.6) is 0 Å². The van der Waals surface area contributed by atoms with E-state index in [2.05, 4.69) is 284 Å². The van der Waals surface area contributed by atoms with Gasteiger partial charge in [0.05, 0.1) is 17.1 Å². The summed E-state index contributed by atoms with van der Waals surface area (Å²) in [5, 5.41) is 4.01. The van der Waals surface area contributed by atoms with Gasteiger partial charge in [0.25, 0.3) is 0 Å². The fraction of sp³-hybridized carbons (Fsp3) is 0.188. The Morgan fingerprint density at radius 3 is 1.32 bits per heavy atom. The molecular formula is C64H64N4. The van der Waals surface area contributed by atoms with Crippen molar-refractivity contribution in [2.75, 3.05) is 14.8 Å². The molecule has 0 aliphatic carbocycles. The highest BCUT2D eigenvalue weighted by atomic mass is 15.4. The number of hydrogen-bond acceptors (Lipinski definition) is 4. The summed E-state index contributed by atoms with van der Waals surface area (Å²) < 4.78 is 0. The number of hydrazine groups is 1. The van der Waals surface area contributed by atoms with Gasteiger partial charge < -0.3 is 9.80 Å². The Kier molecular flexibility index (Phi) is 12.3. The summed E-state index contributed by atoms with van der Waals surface area (Å²) in [5.41, 5.74) is 16.4. The van der Waals surface area contributed by atoms with E-state index in [1.807, 2.05) is 5.01 Å². The average Bonchev–Trinajstić information content (AvgIpc) is 3.34. The summed E-state index contributed by atoms with van der Waals surface area (Å²) in [5.74, 6) is 7.50. The van der Waals surface area contributed by atoms with Gasteiger partial charge in [0.15, 0.2) is 0 Å². The van der Waals surface area contributed by atoms with Crippen LogP contribution in [0.4, 0.5) is 45.5 Å². The van der Waals surface area contributed by atoms with Crippen LogP contribution >= 0.6 is 0 Å². The number of nitrogens with zero attached hydrogens (tertiary/aromatic N) is 3. The Bertz CT molecular complexity index is 3070. The molecule has 0 unspecified atom stereocenters. The summed E-state index contributed by atoms with van der Waals surface area (Å²) in [6.07, 6.45) is 0. The Labute approximate surface area is 404 Å². The highest BCUT2D eigenvalue weighted by Gasteiger charge is 2.26. The molecule has 9 rings (SSSR count). The zero-order valence-electron chi connectivity index (χ0n) is 41.1. The van der Waals surface area contributed by atoms with Crippen molar-refractivity contribution in [2.45, 2.75) is 78.6 Å². The first-order valence-electron chi connectivity index (χ1n) is 23.9. The molecule has 340 valence electrons. The highest BCUT2D eigenvalue weighted by molar-refractivity contribution is 6.01.